The van der Waals surface area contributed by atoms with Crippen molar-refractivity contribution in [2.75, 3.05) is 6.54 Å². The lowest BCUT2D eigenvalue weighted by atomic mass is 9.67. The molecular formula is C13H19NS. The van der Waals surface area contributed by atoms with Gasteiger partial charge in [0, 0.05) is 11.4 Å². The second-order valence-corrected chi connectivity index (χ2v) is 5.82. The summed E-state index contributed by atoms with van der Waals surface area (Å²) in [4.78, 5) is 1.65. The van der Waals surface area contributed by atoms with Crippen molar-refractivity contribution in [2.45, 2.75) is 44.6 Å². The highest BCUT2D eigenvalue weighted by molar-refractivity contribution is 7.10. The van der Waals surface area contributed by atoms with Gasteiger partial charge in [-0.2, -0.15) is 0 Å². The molecule has 3 rings (SSSR count). The normalized spacial score (nSPS) is 31.0. The molecule has 0 saturated heterocycles. The maximum atomic E-state index is 3.84. The van der Waals surface area contributed by atoms with Gasteiger partial charge in [-0.1, -0.05) is 13.3 Å². The minimum atomic E-state index is 0.347. The summed E-state index contributed by atoms with van der Waals surface area (Å²) in [6.45, 7) is 3.52. The second-order valence-electron chi connectivity index (χ2n) is 4.90. The van der Waals surface area contributed by atoms with Crippen LogP contribution < -0.4 is 5.32 Å². The summed E-state index contributed by atoms with van der Waals surface area (Å²) in [5.74, 6) is 0.903. The first-order valence-electron chi connectivity index (χ1n) is 6.18. The van der Waals surface area contributed by atoms with Crippen LogP contribution in [0.2, 0.25) is 0 Å². The lowest BCUT2D eigenvalue weighted by molar-refractivity contribution is 0.116. The zero-order valence-corrected chi connectivity index (χ0v) is 10.2. The van der Waals surface area contributed by atoms with Crippen LogP contribution in [0.4, 0.5) is 0 Å². The molecule has 1 aliphatic carbocycles. The van der Waals surface area contributed by atoms with Gasteiger partial charge in [-0.3, -0.25) is 0 Å². The molecule has 1 nitrogen and oxygen atoms in total. The summed E-state index contributed by atoms with van der Waals surface area (Å²) in [7, 11) is 0. The van der Waals surface area contributed by atoms with Crippen molar-refractivity contribution in [3.63, 3.8) is 0 Å². The summed E-state index contributed by atoms with van der Waals surface area (Å²) in [6.07, 6.45) is 6.78. The Morgan fingerprint density at radius 2 is 2.40 bits per heavy atom. The van der Waals surface area contributed by atoms with E-state index in [4.69, 9.17) is 0 Å². The lowest BCUT2D eigenvalue weighted by Crippen LogP contribution is -2.53. The highest BCUT2D eigenvalue weighted by Crippen LogP contribution is 2.48. The van der Waals surface area contributed by atoms with Gasteiger partial charge in [0.2, 0.25) is 0 Å². The lowest BCUT2D eigenvalue weighted by Gasteiger charge is -2.48. The Bertz CT molecular complexity index is 353. The monoisotopic (exact) mass is 221 g/mol. The highest BCUT2D eigenvalue weighted by atomic mass is 32.1. The summed E-state index contributed by atoms with van der Waals surface area (Å²) < 4.78 is 0. The number of rotatable bonds is 2. The first-order chi connectivity index (χ1) is 7.37. The van der Waals surface area contributed by atoms with Gasteiger partial charge in [0.25, 0.3) is 0 Å². The van der Waals surface area contributed by atoms with E-state index in [1.165, 1.54) is 38.6 Å². The van der Waals surface area contributed by atoms with E-state index in [-0.39, 0.29) is 0 Å². The molecule has 0 bridgehead atoms. The molecule has 1 unspecified atom stereocenters. The van der Waals surface area contributed by atoms with Gasteiger partial charge in [-0.25, -0.2) is 0 Å². The second kappa shape index (κ2) is 3.60. The number of nitrogens with one attached hydrogen (secondary N) is 1. The van der Waals surface area contributed by atoms with Crippen LogP contribution in [0.1, 0.15) is 43.0 Å². The summed E-state index contributed by atoms with van der Waals surface area (Å²) in [5.41, 5.74) is 1.97. The van der Waals surface area contributed by atoms with Crippen LogP contribution in [0.3, 0.4) is 0 Å². The Balaban J connectivity index is 2.03. The first kappa shape index (κ1) is 9.86. The van der Waals surface area contributed by atoms with Crippen molar-refractivity contribution in [1.82, 2.24) is 5.32 Å². The van der Waals surface area contributed by atoms with Crippen LogP contribution in [0.5, 0.6) is 0 Å². The molecule has 1 aromatic heterocycles. The van der Waals surface area contributed by atoms with E-state index in [0.717, 1.165) is 5.92 Å². The van der Waals surface area contributed by atoms with Gasteiger partial charge in [0.05, 0.1) is 5.54 Å². The maximum Gasteiger partial charge on any atom is 0.0557 e. The molecular weight excluding hydrogens is 202 g/mol. The van der Waals surface area contributed by atoms with Gasteiger partial charge in [-0.15, -0.1) is 11.3 Å². The molecule has 2 aliphatic rings. The quantitative estimate of drug-likeness (QED) is 0.808. The molecule has 2 heteroatoms. The third kappa shape index (κ3) is 1.31. The van der Waals surface area contributed by atoms with Gasteiger partial charge >= 0.3 is 0 Å². The van der Waals surface area contributed by atoms with Crippen LogP contribution in [0, 0.1) is 5.92 Å². The largest absolute Gasteiger partial charge is 0.306 e. The molecule has 1 N–H and O–H groups in total. The van der Waals surface area contributed by atoms with E-state index in [2.05, 4.69) is 23.7 Å². The van der Waals surface area contributed by atoms with Crippen LogP contribution in [-0.4, -0.2) is 6.54 Å². The predicted octanol–water partition coefficient (Wildman–Crippen LogP) is 3.30. The van der Waals surface area contributed by atoms with E-state index in [1.54, 1.807) is 10.4 Å². The molecule has 0 aromatic carbocycles. The SMILES string of the molecule is CCC1(C2CCC2)NCCc2ccsc21. The zero-order chi connectivity index (χ0) is 10.3. The fraction of sp³-hybridized carbons (Fsp3) is 0.692. The maximum absolute atomic E-state index is 3.84. The Labute approximate surface area is 95.9 Å². The number of hydrogen-bond donors (Lipinski definition) is 1. The number of thiophene rings is 1. The van der Waals surface area contributed by atoms with Gasteiger partial charge in [0.15, 0.2) is 0 Å². The fourth-order valence-corrected chi connectivity index (χ4v) is 4.51. The molecule has 1 atom stereocenters. The van der Waals surface area contributed by atoms with Crippen molar-refractivity contribution >= 4 is 11.3 Å². The van der Waals surface area contributed by atoms with E-state index in [1.807, 2.05) is 11.3 Å². The van der Waals surface area contributed by atoms with E-state index in [0.29, 0.717) is 5.54 Å². The van der Waals surface area contributed by atoms with Gasteiger partial charge in [-0.05, 0) is 48.6 Å². The molecule has 2 heterocycles. The Kier molecular flexibility index (Phi) is 2.37. The topological polar surface area (TPSA) is 12.0 Å². The predicted molar refractivity (Wildman–Crippen MR) is 65.3 cm³/mol. The third-order valence-electron chi connectivity index (χ3n) is 4.35. The Hall–Kier alpha value is -0.340. The fourth-order valence-electron chi connectivity index (χ4n) is 3.23. The summed E-state index contributed by atoms with van der Waals surface area (Å²) >= 11 is 1.97. The third-order valence-corrected chi connectivity index (χ3v) is 5.48. The standard InChI is InChI=1S/C13H19NS/c1-2-13(11-4-3-5-11)12-10(6-8-14-13)7-9-15-12/h7,9,11,14H,2-6,8H2,1H3. The smallest absolute Gasteiger partial charge is 0.0557 e. The van der Waals surface area contributed by atoms with Crippen LogP contribution >= 0.6 is 11.3 Å². The van der Waals surface area contributed by atoms with Crippen LogP contribution in [0.25, 0.3) is 0 Å². The van der Waals surface area contributed by atoms with Crippen molar-refractivity contribution in [3.05, 3.63) is 21.9 Å². The van der Waals surface area contributed by atoms with Gasteiger partial charge < -0.3 is 5.32 Å². The Morgan fingerprint density at radius 1 is 1.53 bits per heavy atom. The van der Waals surface area contributed by atoms with Crippen LogP contribution in [-0.2, 0) is 12.0 Å². The Morgan fingerprint density at radius 3 is 3.07 bits per heavy atom. The molecule has 82 valence electrons. The molecule has 1 fully saturated rings. The van der Waals surface area contributed by atoms with Crippen LogP contribution in [0.15, 0.2) is 11.4 Å². The summed E-state index contributed by atoms with van der Waals surface area (Å²) in [5, 5.41) is 6.12. The molecule has 0 amide bonds. The van der Waals surface area contributed by atoms with Crippen molar-refractivity contribution in [3.8, 4) is 0 Å². The van der Waals surface area contributed by atoms with Crippen molar-refractivity contribution in [2.24, 2.45) is 5.92 Å². The molecule has 0 spiro atoms. The minimum Gasteiger partial charge on any atom is -0.306 e. The molecule has 1 aromatic rings. The molecule has 1 aliphatic heterocycles. The van der Waals surface area contributed by atoms with E-state index >= 15 is 0 Å². The average molecular weight is 221 g/mol. The molecule has 0 radical (unpaired) electrons. The highest BCUT2D eigenvalue weighted by Gasteiger charge is 2.44. The minimum absolute atomic E-state index is 0.347. The van der Waals surface area contributed by atoms with E-state index < -0.39 is 0 Å². The number of hydrogen-bond acceptors (Lipinski definition) is 2. The van der Waals surface area contributed by atoms with Crippen molar-refractivity contribution in [1.29, 1.82) is 0 Å². The molecule has 15 heavy (non-hydrogen) atoms. The average Bonchev–Trinajstić information content (AvgIpc) is 2.64. The van der Waals surface area contributed by atoms with Crippen molar-refractivity contribution < 1.29 is 0 Å². The first-order valence-corrected chi connectivity index (χ1v) is 7.06. The molecule has 1 saturated carbocycles. The zero-order valence-electron chi connectivity index (χ0n) is 9.38. The van der Waals surface area contributed by atoms with E-state index in [9.17, 15) is 0 Å². The number of fused-ring (bicyclic) bond motifs is 1. The van der Waals surface area contributed by atoms with Gasteiger partial charge in [0.1, 0.15) is 0 Å². The summed E-state index contributed by atoms with van der Waals surface area (Å²) in [6, 6.07) is 2.34.